The smallest absolute Gasteiger partial charge is 0.328 e. The van der Waals surface area contributed by atoms with Gasteiger partial charge in [0.1, 0.15) is 11.6 Å². The maximum absolute atomic E-state index is 13.1. The van der Waals surface area contributed by atoms with E-state index in [-0.39, 0.29) is 19.5 Å². The number of ether oxygens (including phenoxy) is 1. The second kappa shape index (κ2) is 16.4. The third kappa shape index (κ3) is 8.45. The second-order valence-corrected chi connectivity index (χ2v) is 11.1. The summed E-state index contributed by atoms with van der Waals surface area (Å²) in [6.07, 6.45) is 7.60. The largest absolute Gasteiger partial charge is 0.480 e. The van der Waals surface area contributed by atoms with Crippen LogP contribution in [0.15, 0.2) is 104 Å². The first-order valence-electron chi connectivity index (χ1n) is 15.4. The Morgan fingerprint density at radius 2 is 1.42 bits per heavy atom. The third-order valence-corrected chi connectivity index (χ3v) is 7.89. The minimum Gasteiger partial charge on any atom is -0.480 e. The molecule has 236 valence electrons. The number of carbonyl (C=O) groups excluding carboxylic acids is 2. The molecule has 0 aliphatic heterocycles. The van der Waals surface area contributed by atoms with Gasteiger partial charge in [0.25, 0.3) is 0 Å². The summed E-state index contributed by atoms with van der Waals surface area (Å²) in [6, 6.07) is 29.5. The van der Waals surface area contributed by atoms with E-state index in [0.29, 0.717) is 12.2 Å². The second-order valence-electron chi connectivity index (χ2n) is 11.1. The predicted octanol–water partition coefficient (Wildman–Crippen LogP) is 4.89. The number of imidazole rings is 1. The molecule has 0 aliphatic carbocycles. The van der Waals surface area contributed by atoms with Gasteiger partial charge < -0.3 is 19.7 Å². The number of aliphatic carboxylic acids is 1. The zero-order valence-corrected chi connectivity index (χ0v) is 26.0. The van der Waals surface area contributed by atoms with Crippen molar-refractivity contribution in [2.75, 3.05) is 26.7 Å². The van der Waals surface area contributed by atoms with Crippen LogP contribution in [0.4, 0.5) is 0 Å². The molecule has 1 unspecified atom stereocenters. The number of hydrogen-bond acceptors (Lipinski definition) is 6. The highest BCUT2D eigenvalue weighted by molar-refractivity contribution is 5.86. The molecule has 45 heavy (non-hydrogen) atoms. The highest BCUT2D eigenvalue weighted by Gasteiger charge is 2.38. The van der Waals surface area contributed by atoms with Crippen molar-refractivity contribution < 1.29 is 24.2 Å². The van der Waals surface area contributed by atoms with Gasteiger partial charge in [-0.15, -0.1) is 0 Å². The van der Waals surface area contributed by atoms with Crippen LogP contribution in [-0.4, -0.2) is 70.2 Å². The summed E-state index contributed by atoms with van der Waals surface area (Å²) in [5.74, 6) is -2.06. The number of carbonyl (C=O) groups is 3. The maximum atomic E-state index is 13.1. The van der Waals surface area contributed by atoms with Crippen LogP contribution in [0.25, 0.3) is 0 Å². The number of amides is 1. The van der Waals surface area contributed by atoms with Gasteiger partial charge in [-0.3, -0.25) is 14.5 Å². The first kappa shape index (κ1) is 33.1. The maximum Gasteiger partial charge on any atom is 0.328 e. The standard InChI is InChI=1S/C36H42N4O5/c1-3-4-5-15-22-39(26-34(42)43)25-33(41)38-32(35(44)45-2)23-31-24-40(27-37-31)36(28-16-9-6-10-17-28,29-18-11-7-12-19-29)30-20-13-8-14-21-30/h6-14,16-21,24,27,32H,3-5,15,22-23,25-26H2,1-2H3,(H,38,41)(H,42,43). The summed E-state index contributed by atoms with van der Waals surface area (Å²) in [5, 5.41) is 12.1. The fourth-order valence-corrected chi connectivity index (χ4v) is 5.79. The van der Waals surface area contributed by atoms with Gasteiger partial charge >= 0.3 is 11.9 Å². The summed E-state index contributed by atoms with van der Waals surface area (Å²) in [7, 11) is 1.27. The van der Waals surface area contributed by atoms with Gasteiger partial charge in [0.05, 0.1) is 32.2 Å². The van der Waals surface area contributed by atoms with Crippen LogP contribution in [0, 0.1) is 0 Å². The SMILES string of the molecule is CCCCCCN(CC(=O)O)CC(=O)NC(Cc1cn(C(c2ccccc2)(c2ccccc2)c2ccccc2)cn1)C(=O)OC. The van der Waals surface area contributed by atoms with Crippen molar-refractivity contribution >= 4 is 17.8 Å². The summed E-state index contributed by atoms with van der Waals surface area (Å²) < 4.78 is 7.08. The molecule has 9 nitrogen and oxygen atoms in total. The van der Waals surface area contributed by atoms with Gasteiger partial charge in [0.2, 0.25) is 5.91 Å². The Bertz CT molecular complexity index is 1410. The van der Waals surface area contributed by atoms with Crippen molar-refractivity contribution in [2.45, 2.75) is 50.6 Å². The molecule has 1 amide bonds. The first-order valence-corrected chi connectivity index (χ1v) is 15.4. The first-order chi connectivity index (χ1) is 21.9. The van der Waals surface area contributed by atoms with E-state index in [1.165, 1.54) is 7.11 Å². The molecule has 9 heteroatoms. The summed E-state index contributed by atoms with van der Waals surface area (Å²) in [4.78, 5) is 43.6. The minimum atomic E-state index is -1.01. The van der Waals surface area contributed by atoms with Crippen molar-refractivity contribution in [3.63, 3.8) is 0 Å². The Kier molecular flexibility index (Phi) is 12.0. The number of nitrogens with zero attached hydrogens (tertiary/aromatic N) is 3. The molecule has 0 spiro atoms. The number of methoxy groups -OCH3 is 1. The molecule has 1 heterocycles. The van der Waals surface area contributed by atoms with E-state index in [2.05, 4.69) is 48.6 Å². The van der Waals surface area contributed by atoms with Crippen LogP contribution in [0.2, 0.25) is 0 Å². The van der Waals surface area contributed by atoms with E-state index in [9.17, 15) is 19.5 Å². The van der Waals surface area contributed by atoms with Gasteiger partial charge in [0.15, 0.2) is 0 Å². The molecule has 0 radical (unpaired) electrons. The third-order valence-electron chi connectivity index (χ3n) is 7.89. The molecule has 0 aliphatic rings. The molecule has 0 saturated carbocycles. The summed E-state index contributed by atoms with van der Waals surface area (Å²) in [6.45, 7) is 2.18. The lowest BCUT2D eigenvalue weighted by Crippen LogP contribution is -2.48. The molecule has 2 N–H and O–H groups in total. The number of carboxylic acid groups (broad SMARTS) is 1. The average molecular weight is 611 g/mol. The zero-order chi connectivity index (χ0) is 32.1. The molecule has 0 bridgehead atoms. The molecule has 1 aromatic heterocycles. The number of aromatic nitrogens is 2. The van der Waals surface area contributed by atoms with Crippen LogP contribution in [-0.2, 0) is 31.1 Å². The fourth-order valence-electron chi connectivity index (χ4n) is 5.79. The summed E-state index contributed by atoms with van der Waals surface area (Å²) in [5.41, 5.74) is 2.90. The topological polar surface area (TPSA) is 114 Å². The quantitative estimate of drug-likeness (QED) is 0.0994. The lowest BCUT2D eigenvalue weighted by Gasteiger charge is -2.37. The van der Waals surface area contributed by atoms with Crippen LogP contribution in [0.5, 0.6) is 0 Å². The van der Waals surface area contributed by atoms with Crippen molar-refractivity contribution in [3.05, 3.63) is 126 Å². The Balaban J connectivity index is 1.63. The van der Waals surface area contributed by atoms with E-state index >= 15 is 0 Å². The van der Waals surface area contributed by atoms with Crippen molar-refractivity contribution in [3.8, 4) is 0 Å². The van der Waals surface area contributed by atoms with E-state index in [1.807, 2.05) is 65.4 Å². The zero-order valence-electron chi connectivity index (χ0n) is 26.0. The molecule has 4 rings (SSSR count). The normalized spacial score (nSPS) is 12.1. The Hall–Kier alpha value is -4.76. The van der Waals surface area contributed by atoms with Crippen LogP contribution < -0.4 is 5.32 Å². The molecule has 3 aromatic carbocycles. The predicted molar refractivity (Wildman–Crippen MR) is 173 cm³/mol. The molecule has 0 saturated heterocycles. The van der Waals surface area contributed by atoms with E-state index in [4.69, 9.17) is 9.72 Å². The van der Waals surface area contributed by atoms with Gasteiger partial charge in [-0.1, -0.05) is 117 Å². The highest BCUT2D eigenvalue weighted by Crippen LogP contribution is 2.40. The van der Waals surface area contributed by atoms with E-state index < -0.39 is 29.4 Å². The van der Waals surface area contributed by atoms with Gasteiger partial charge in [-0.2, -0.15) is 0 Å². The van der Waals surface area contributed by atoms with Crippen LogP contribution in [0.3, 0.4) is 0 Å². The Morgan fingerprint density at radius 3 is 1.91 bits per heavy atom. The number of carboxylic acids is 1. The number of rotatable bonds is 17. The molecular weight excluding hydrogens is 568 g/mol. The minimum absolute atomic E-state index is 0.0926. The highest BCUT2D eigenvalue weighted by atomic mass is 16.5. The van der Waals surface area contributed by atoms with E-state index in [1.54, 1.807) is 11.2 Å². The Morgan fingerprint density at radius 1 is 0.867 bits per heavy atom. The fraction of sp³-hybridized carbons (Fsp3) is 0.333. The molecule has 4 aromatic rings. The van der Waals surface area contributed by atoms with Crippen LogP contribution in [0.1, 0.15) is 55.0 Å². The number of unbranched alkanes of at least 4 members (excludes halogenated alkanes) is 3. The molecular formula is C36H42N4O5. The van der Waals surface area contributed by atoms with Crippen molar-refractivity contribution in [2.24, 2.45) is 0 Å². The number of esters is 1. The van der Waals surface area contributed by atoms with Crippen LogP contribution >= 0.6 is 0 Å². The van der Waals surface area contributed by atoms with Gasteiger partial charge in [-0.05, 0) is 29.7 Å². The lowest BCUT2D eigenvalue weighted by molar-refractivity contribution is -0.145. The monoisotopic (exact) mass is 610 g/mol. The summed E-state index contributed by atoms with van der Waals surface area (Å²) >= 11 is 0. The van der Waals surface area contributed by atoms with E-state index in [0.717, 1.165) is 42.4 Å². The molecule has 1 atom stereocenters. The number of hydrogen-bond donors (Lipinski definition) is 2. The van der Waals surface area contributed by atoms with Gasteiger partial charge in [0, 0.05) is 12.6 Å². The molecule has 0 fully saturated rings. The number of benzene rings is 3. The van der Waals surface area contributed by atoms with Gasteiger partial charge in [-0.25, -0.2) is 9.78 Å². The Labute approximate surface area is 264 Å². The van der Waals surface area contributed by atoms with Crippen molar-refractivity contribution in [1.82, 2.24) is 19.8 Å². The average Bonchev–Trinajstić information content (AvgIpc) is 3.52. The van der Waals surface area contributed by atoms with Crippen molar-refractivity contribution in [1.29, 1.82) is 0 Å². The lowest BCUT2D eigenvalue weighted by atomic mass is 9.77. The number of nitrogens with one attached hydrogen (secondary N) is 1.